The predicted molar refractivity (Wildman–Crippen MR) is 86.9 cm³/mol. The summed E-state index contributed by atoms with van der Waals surface area (Å²) in [4.78, 5) is 12.2. The molecule has 0 bridgehead atoms. The van der Waals surface area contributed by atoms with Crippen LogP contribution in [0, 0.1) is 5.92 Å². The van der Waals surface area contributed by atoms with Gasteiger partial charge in [-0.15, -0.1) is 12.4 Å². The Labute approximate surface area is 128 Å². The van der Waals surface area contributed by atoms with Gasteiger partial charge in [-0.25, -0.2) is 0 Å². The summed E-state index contributed by atoms with van der Waals surface area (Å²) in [7, 11) is 0. The Hall–Kier alpha value is -0.860. The van der Waals surface area contributed by atoms with Crippen molar-refractivity contribution < 1.29 is 4.79 Å². The van der Waals surface area contributed by atoms with E-state index in [0.29, 0.717) is 24.3 Å². The molecule has 0 aromatic heterocycles. The smallest absolute Gasteiger partial charge is 0.162 e. The van der Waals surface area contributed by atoms with Crippen LogP contribution in [0.5, 0.6) is 0 Å². The minimum Gasteiger partial charge on any atom is -0.314 e. The zero-order chi connectivity index (χ0) is 13.8. The fraction of sp³-hybridized carbons (Fsp3) is 0.588. The number of piperidine rings is 1. The van der Waals surface area contributed by atoms with E-state index in [2.05, 4.69) is 31.3 Å². The molecular formula is C17H26ClNO. The topological polar surface area (TPSA) is 29.1 Å². The van der Waals surface area contributed by atoms with E-state index in [1.54, 1.807) is 0 Å². The van der Waals surface area contributed by atoms with E-state index in [4.69, 9.17) is 0 Å². The molecule has 2 nitrogen and oxygen atoms in total. The highest BCUT2D eigenvalue weighted by Crippen LogP contribution is 2.37. The fourth-order valence-corrected chi connectivity index (χ4v) is 3.42. The molecule has 1 aliphatic rings. The summed E-state index contributed by atoms with van der Waals surface area (Å²) < 4.78 is 0. The Morgan fingerprint density at radius 3 is 2.65 bits per heavy atom. The third-order valence-electron chi connectivity index (χ3n) is 4.49. The van der Waals surface area contributed by atoms with Crippen LogP contribution in [0.2, 0.25) is 0 Å². The average Bonchev–Trinajstić information content (AvgIpc) is 2.46. The number of hydrogen-bond acceptors (Lipinski definition) is 2. The summed E-state index contributed by atoms with van der Waals surface area (Å²) in [6.07, 6.45) is 2.98. The molecule has 1 aliphatic heterocycles. The van der Waals surface area contributed by atoms with Gasteiger partial charge in [-0.3, -0.25) is 4.79 Å². The van der Waals surface area contributed by atoms with Crippen molar-refractivity contribution in [2.45, 2.75) is 52.0 Å². The van der Waals surface area contributed by atoms with E-state index < -0.39 is 0 Å². The van der Waals surface area contributed by atoms with Crippen LogP contribution < -0.4 is 5.32 Å². The Balaban J connectivity index is 0.00000200. The summed E-state index contributed by atoms with van der Waals surface area (Å²) in [6, 6.07) is 8.64. The molecule has 1 heterocycles. The summed E-state index contributed by atoms with van der Waals surface area (Å²) >= 11 is 0. The van der Waals surface area contributed by atoms with Gasteiger partial charge in [-0.1, -0.05) is 44.5 Å². The molecule has 0 saturated carbocycles. The highest BCUT2D eigenvalue weighted by Gasteiger charge is 2.32. The van der Waals surface area contributed by atoms with Crippen molar-refractivity contribution in [1.29, 1.82) is 0 Å². The van der Waals surface area contributed by atoms with Crippen LogP contribution in [0.1, 0.15) is 61.9 Å². The zero-order valence-electron chi connectivity index (χ0n) is 12.7. The van der Waals surface area contributed by atoms with E-state index in [0.717, 1.165) is 12.1 Å². The van der Waals surface area contributed by atoms with Crippen LogP contribution in [0.3, 0.4) is 0 Å². The van der Waals surface area contributed by atoms with Crippen molar-refractivity contribution in [2.24, 2.45) is 5.92 Å². The molecular weight excluding hydrogens is 270 g/mol. The molecule has 0 radical (unpaired) electrons. The van der Waals surface area contributed by atoms with Gasteiger partial charge in [-0.05, 0) is 31.4 Å². The van der Waals surface area contributed by atoms with Gasteiger partial charge in [0.15, 0.2) is 5.78 Å². The minimum atomic E-state index is 0. The lowest BCUT2D eigenvalue weighted by molar-refractivity contribution is 0.0985. The molecule has 112 valence electrons. The second-order valence-corrected chi connectivity index (χ2v) is 5.59. The second-order valence-electron chi connectivity index (χ2n) is 5.59. The first-order valence-corrected chi connectivity index (χ1v) is 7.54. The van der Waals surface area contributed by atoms with Crippen molar-refractivity contribution in [3.8, 4) is 0 Å². The normalized spacial score (nSPS) is 25.9. The van der Waals surface area contributed by atoms with E-state index in [-0.39, 0.29) is 18.2 Å². The van der Waals surface area contributed by atoms with Crippen molar-refractivity contribution in [2.75, 3.05) is 6.54 Å². The molecule has 20 heavy (non-hydrogen) atoms. The quantitative estimate of drug-likeness (QED) is 0.844. The van der Waals surface area contributed by atoms with Crippen LogP contribution in [-0.4, -0.2) is 18.4 Å². The Morgan fingerprint density at radius 1 is 1.30 bits per heavy atom. The summed E-state index contributed by atoms with van der Waals surface area (Å²) in [5, 5.41) is 3.57. The molecule has 1 N–H and O–H groups in total. The van der Waals surface area contributed by atoms with Crippen LogP contribution in [0.15, 0.2) is 24.3 Å². The first-order chi connectivity index (χ1) is 9.19. The van der Waals surface area contributed by atoms with Gasteiger partial charge in [0, 0.05) is 23.9 Å². The molecule has 3 unspecified atom stereocenters. The van der Waals surface area contributed by atoms with Gasteiger partial charge in [0.25, 0.3) is 0 Å². The van der Waals surface area contributed by atoms with Gasteiger partial charge >= 0.3 is 0 Å². The Morgan fingerprint density at radius 2 is 2.00 bits per heavy atom. The molecule has 1 fully saturated rings. The number of carbonyl (C=O) groups excluding carboxylic acids is 1. The lowest BCUT2D eigenvalue weighted by Gasteiger charge is -2.38. The zero-order valence-corrected chi connectivity index (χ0v) is 13.5. The van der Waals surface area contributed by atoms with Crippen LogP contribution in [-0.2, 0) is 0 Å². The molecule has 0 spiro atoms. The molecule has 3 heteroatoms. The third-order valence-corrected chi connectivity index (χ3v) is 4.49. The average molecular weight is 296 g/mol. The number of rotatable bonds is 4. The summed E-state index contributed by atoms with van der Waals surface area (Å²) in [6.45, 7) is 7.55. The molecule has 3 atom stereocenters. The highest BCUT2D eigenvalue weighted by molar-refractivity contribution is 5.97. The maximum atomic E-state index is 12.2. The first-order valence-electron chi connectivity index (χ1n) is 7.54. The van der Waals surface area contributed by atoms with Crippen molar-refractivity contribution in [3.63, 3.8) is 0 Å². The Kier molecular flexibility index (Phi) is 6.70. The lowest BCUT2D eigenvalue weighted by Crippen LogP contribution is -2.43. The monoisotopic (exact) mass is 295 g/mol. The minimum absolute atomic E-state index is 0. The highest BCUT2D eigenvalue weighted by atomic mass is 35.5. The number of hydrogen-bond donors (Lipinski definition) is 1. The fourth-order valence-electron chi connectivity index (χ4n) is 3.42. The molecule has 1 aromatic carbocycles. The summed E-state index contributed by atoms with van der Waals surface area (Å²) in [5.74, 6) is 1.41. The molecule has 2 rings (SSSR count). The van der Waals surface area contributed by atoms with Crippen LogP contribution in [0.25, 0.3) is 0 Å². The number of nitrogens with one attached hydrogen (secondary N) is 1. The number of carbonyl (C=O) groups is 1. The SMILES string of the molecule is CCC(=O)c1ccccc1C1C(CC)CCNC1C.Cl. The third kappa shape index (κ3) is 3.42. The lowest BCUT2D eigenvalue weighted by atomic mass is 9.74. The number of Topliss-reactive ketones (excluding diaryl/α,β-unsaturated/α-hetero) is 1. The molecule has 1 aromatic rings. The number of halogens is 1. The largest absolute Gasteiger partial charge is 0.314 e. The van der Waals surface area contributed by atoms with E-state index in [1.165, 1.54) is 18.4 Å². The molecule has 0 amide bonds. The number of ketones is 1. The molecule has 0 aliphatic carbocycles. The van der Waals surface area contributed by atoms with Crippen LogP contribution in [0.4, 0.5) is 0 Å². The van der Waals surface area contributed by atoms with E-state index in [1.807, 2.05) is 19.1 Å². The summed E-state index contributed by atoms with van der Waals surface area (Å²) in [5.41, 5.74) is 2.19. The Bertz CT molecular complexity index is 446. The van der Waals surface area contributed by atoms with Gasteiger partial charge in [-0.2, -0.15) is 0 Å². The first kappa shape index (κ1) is 17.2. The maximum absolute atomic E-state index is 12.2. The molecule has 1 saturated heterocycles. The van der Waals surface area contributed by atoms with Gasteiger partial charge in [0.05, 0.1) is 0 Å². The maximum Gasteiger partial charge on any atom is 0.162 e. The van der Waals surface area contributed by atoms with E-state index in [9.17, 15) is 4.79 Å². The number of benzene rings is 1. The second kappa shape index (κ2) is 7.80. The standard InChI is InChI=1S/C17H25NO.ClH/c1-4-13-10-11-18-12(3)17(13)15-9-7-6-8-14(15)16(19)5-2;/h6-9,12-13,17-18H,4-5,10-11H2,1-3H3;1H. The predicted octanol–water partition coefficient (Wildman–Crippen LogP) is 4.19. The van der Waals surface area contributed by atoms with Gasteiger partial charge in [0.1, 0.15) is 0 Å². The van der Waals surface area contributed by atoms with Gasteiger partial charge < -0.3 is 5.32 Å². The van der Waals surface area contributed by atoms with E-state index >= 15 is 0 Å². The van der Waals surface area contributed by atoms with Gasteiger partial charge in [0.2, 0.25) is 0 Å². The van der Waals surface area contributed by atoms with Crippen molar-refractivity contribution in [1.82, 2.24) is 5.32 Å². The van der Waals surface area contributed by atoms with Crippen LogP contribution >= 0.6 is 12.4 Å². The van der Waals surface area contributed by atoms with Crippen molar-refractivity contribution in [3.05, 3.63) is 35.4 Å². The van der Waals surface area contributed by atoms with Crippen molar-refractivity contribution >= 4 is 18.2 Å².